The number of hydrogen-bond acceptors (Lipinski definition) is 3. The topological polar surface area (TPSA) is 33.1 Å². The number of thiazole rings is 1. The van der Waals surface area contributed by atoms with E-state index in [0.717, 1.165) is 10.0 Å². The second kappa shape index (κ2) is 4.60. The number of aromatic nitrogens is 1. The van der Waals surface area contributed by atoms with Crippen LogP contribution in [0.2, 0.25) is 4.34 Å². The zero-order chi connectivity index (χ0) is 9.97. The molecule has 1 aromatic rings. The van der Waals surface area contributed by atoms with Crippen LogP contribution in [0.3, 0.4) is 0 Å². The summed E-state index contributed by atoms with van der Waals surface area (Å²) in [5.41, 5.74) is 0.876. The summed E-state index contributed by atoms with van der Waals surface area (Å²) in [5, 5.41) is 10.0. The molecule has 1 saturated carbocycles. The van der Waals surface area contributed by atoms with Gasteiger partial charge in [-0.15, -0.1) is 11.3 Å². The normalized spacial score (nSPS) is 17.9. The summed E-state index contributed by atoms with van der Waals surface area (Å²) in [6.45, 7) is 0.132. The Morgan fingerprint density at radius 3 is 2.79 bits per heavy atom. The first-order chi connectivity index (χ1) is 6.81. The quantitative estimate of drug-likeness (QED) is 0.868. The lowest BCUT2D eigenvalue weighted by Gasteiger charge is -2.02. The molecule has 2 nitrogen and oxygen atoms in total. The maximum absolute atomic E-state index is 8.82. The van der Waals surface area contributed by atoms with Crippen molar-refractivity contribution in [1.29, 1.82) is 0 Å². The third-order valence-electron chi connectivity index (χ3n) is 2.72. The molecule has 1 aromatic heterocycles. The van der Waals surface area contributed by atoms with Gasteiger partial charge in [-0.25, -0.2) is 4.98 Å². The van der Waals surface area contributed by atoms with Gasteiger partial charge in [0.2, 0.25) is 0 Å². The average molecular weight is 232 g/mol. The van der Waals surface area contributed by atoms with Gasteiger partial charge in [0.15, 0.2) is 0 Å². The molecule has 1 fully saturated rings. The number of nitrogens with zero attached hydrogens (tertiary/aromatic N) is 1. The second-order valence-electron chi connectivity index (χ2n) is 3.73. The van der Waals surface area contributed by atoms with Crippen molar-refractivity contribution in [1.82, 2.24) is 4.98 Å². The van der Waals surface area contributed by atoms with Crippen LogP contribution in [0.1, 0.15) is 42.3 Å². The molecule has 1 aliphatic rings. The Balaban J connectivity index is 2.14. The van der Waals surface area contributed by atoms with E-state index in [9.17, 15) is 0 Å². The maximum Gasteiger partial charge on any atom is 0.116 e. The summed E-state index contributed by atoms with van der Waals surface area (Å²) in [6.07, 6.45) is 5.72. The van der Waals surface area contributed by atoms with Crippen molar-refractivity contribution in [3.63, 3.8) is 0 Å². The molecule has 0 spiro atoms. The van der Waals surface area contributed by atoms with Crippen LogP contribution in [0.25, 0.3) is 0 Å². The zero-order valence-electron chi connectivity index (χ0n) is 8.00. The number of aliphatic hydroxyl groups is 1. The maximum atomic E-state index is 8.82. The van der Waals surface area contributed by atoms with Crippen LogP contribution in [-0.4, -0.2) is 16.7 Å². The van der Waals surface area contributed by atoms with Crippen molar-refractivity contribution >= 4 is 22.9 Å². The highest BCUT2D eigenvalue weighted by Crippen LogP contribution is 2.38. The van der Waals surface area contributed by atoms with E-state index < -0.39 is 0 Å². The molecular weight excluding hydrogens is 218 g/mol. The molecule has 0 amide bonds. The van der Waals surface area contributed by atoms with Crippen molar-refractivity contribution in [3.8, 4) is 0 Å². The van der Waals surface area contributed by atoms with E-state index in [2.05, 4.69) is 4.98 Å². The lowest BCUT2D eigenvalue weighted by molar-refractivity contribution is 0.298. The molecule has 1 N–H and O–H groups in total. The van der Waals surface area contributed by atoms with Crippen LogP contribution in [0.4, 0.5) is 0 Å². The van der Waals surface area contributed by atoms with Gasteiger partial charge in [0, 0.05) is 18.9 Å². The van der Waals surface area contributed by atoms with E-state index in [0.29, 0.717) is 12.3 Å². The van der Waals surface area contributed by atoms with Gasteiger partial charge in [0.1, 0.15) is 4.34 Å². The van der Waals surface area contributed by atoms with Gasteiger partial charge in [0.05, 0.1) is 10.7 Å². The number of rotatable bonds is 3. The minimum Gasteiger partial charge on any atom is -0.396 e. The fourth-order valence-corrected chi connectivity index (χ4v) is 3.34. The molecule has 14 heavy (non-hydrogen) atoms. The Morgan fingerprint density at radius 2 is 2.14 bits per heavy atom. The van der Waals surface area contributed by atoms with Crippen molar-refractivity contribution < 1.29 is 5.11 Å². The fraction of sp³-hybridized carbons (Fsp3) is 0.700. The molecule has 0 saturated heterocycles. The molecular formula is C10H14ClNOS. The van der Waals surface area contributed by atoms with Gasteiger partial charge in [-0.3, -0.25) is 0 Å². The lowest BCUT2D eigenvalue weighted by atomic mass is 10.1. The Hall–Kier alpha value is -0.120. The molecule has 0 radical (unpaired) electrons. The summed E-state index contributed by atoms with van der Waals surface area (Å²) in [5.74, 6) is 0.630. The van der Waals surface area contributed by atoms with E-state index in [4.69, 9.17) is 16.7 Å². The molecule has 0 aliphatic heterocycles. The molecule has 0 bridgehead atoms. The Kier molecular flexibility index (Phi) is 3.42. The van der Waals surface area contributed by atoms with E-state index in [1.54, 1.807) is 11.3 Å². The summed E-state index contributed by atoms with van der Waals surface area (Å²) in [6, 6.07) is 0. The third kappa shape index (κ3) is 2.10. The highest BCUT2D eigenvalue weighted by atomic mass is 35.5. The predicted octanol–water partition coefficient (Wildman–Crippen LogP) is 2.99. The monoisotopic (exact) mass is 231 g/mol. The summed E-state index contributed by atoms with van der Waals surface area (Å²) in [4.78, 5) is 4.51. The molecule has 2 rings (SSSR count). The highest BCUT2D eigenvalue weighted by Gasteiger charge is 2.21. The van der Waals surface area contributed by atoms with Crippen LogP contribution < -0.4 is 0 Å². The smallest absolute Gasteiger partial charge is 0.116 e. The standard InChI is InChI=1S/C10H14ClNOS/c11-9-8(5-6-13)12-10(14-9)7-3-1-2-4-7/h7,13H,1-6H2. The highest BCUT2D eigenvalue weighted by molar-refractivity contribution is 7.16. The van der Waals surface area contributed by atoms with Gasteiger partial charge in [-0.2, -0.15) is 0 Å². The van der Waals surface area contributed by atoms with Gasteiger partial charge < -0.3 is 5.11 Å². The Morgan fingerprint density at radius 1 is 1.43 bits per heavy atom. The average Bonchev–Trinajstić information content (AvgIpc) is 2.76. The van der Waals surface area contributed by atoms with Crippen molar-refractivity contribution in [2.75, 3.05) is 6.61 Å². The van der Waals surface area contributed by atoms with Crippen LogP contribution in [-0.2, 0) is 6.42 Å². The largest absolute Gasteiger partial charge is 0.396 e. The van der Waals surface area contributed by atoms with Crippen LogP contribution >= 0.6 is 22.9 Å². The summed E-state index contributed by atoms with van der Waals surface area (Å²) >= 11 is 7.64. The molecule has 78 valence electrons. The van der Waals surface area contributed by atoms with Crippen molar-refractivity contribution in [2.24, 2.45) is 0 Å². The minimum atomic E-state index is 0.132. The Labute approximate surface area is 92.9 Å². The minimum absolute atomic E-state index is 0.132. The van der Waals surface area contributed by atoms with E-state index in [1.807, 2.05) is 0 Å². The molecule has 0 unspecified atom stereocenters. The third-order valence-corrected chi connectivity index (χ3v) is 4.22. The molecule has 1 heterocycles. The predicted molar refractivity (Wildman–Crippen MR) is 59.1 cm³/mol. The number of hydrogen-bond donors (Lipinski definition) is 1. The van der Waals surface area contributed by atoms with Gasteiger partial charge in [-0.05, 0) is 12.8 Å². The molecule has 4 heteroatoms. The fourth-order valence-electron chi connectivity index (χ4n) is 1.96. The van der Waals surface area contributed by atoms with Crippen LogP contribution in [0.5, 0.6) is 0 Å². The van der Waals surface area contributed by atoms with E-state index in [-0.39, 0.29) is 6.61 Å². The van der Waals surface area contributed by atoms with E-state index in [1.165, 1.54) is 30.7 Å². The van der Waals surface area contributed by atoms with Gasteiger partial charge >= 0.3 is 0 Å². The molecule has 0 atom stereocenters. The van der Waals surface area contributed by atoms with E-state index >= 15 is 0 Å². The summed E-state index contributed by atoms with van der Waals surface area (Å²) < 4.78 is 0.765. The lowest BCUT2D eigenvalue weighted by Crippen LogP contribution is -1.94. The number of aliphatic hydroxyl groups excluding tert-OH is 1. The second-order valence-corrected chi connectivity index (χ2v) is 5.36. The van der Waals surface area contributed by atoms with Crippen molar-refractivity contribution in [2.45, 2.75) is 38.0 Å². The van der Waals surface area contributed by atoms with Gasteiger partial charge in [0.25, 0.3) is 0 Å². The van der Waals surface area contributed by atoms with Crippen molar-refractivity contribution in [3.05, 3.63) is 15.0 Å². The molecule has 1 aliphatic carbocycles. The Bertz CT molecular complexity index is 307. The first-order valence-corrected chi connectivity index (χ1v) is 6.26. The van der Waals surface area contributed by atoms with Gasteiger partial charge in [-0.1, -0.05) is 24.4 Å². The zero-order valence-corrected chi connectivity index (χ0v) is 9.57. The first-order valence-electron chi connectivity index (χ1n) is 5.07. The SMILES string of the molecule is OCCc1nc(C2CCCC2)sc1Cl. The molecule has 0 aromatic carbocycles. The summed E-state index contributed by atoms with van der Waals surface area (Å²) in [7, 11) is 0. The van der Waals surface area contributed by atoms with Crippen LogP contribution in [0.15, 0.2) is 0 Å². The first kappa shape index (κ1) is 10.4. The number of halogens is 1. The van der Waals surface area contributed by atoms with Crippen LogP contribution in [0, 0.1) is 0 Å².